The molecule has 0 aliphatic heterocycles. The molecule has 0 saturated carbocycles. The Kier molecular flexibility index (Phi) is 5.71. The first kappa shape index (κ1) is 16.2. The van der Waals surface area contributed by atoms with Crippen molar-refractivity contribution in [2.24, 2.45) is 0 Å². The summed E-state index contributed by atoms with van der Waals surface area (Å²) in [7, 11) is 0. The number of carboxylic acids is 2. The van der Waals surface area contributed by atoms with Crippen molar-refractivity contribution in [1.82, 2.24) is 14.9 Å². The van der Waals surface area contributed by atoms with E-state index in [0.717, 1.165) is 11.8 Å². The predicted octanol–water partition coefficient (Wildman–Crippen LogP) is 0.463. The van der Waals surface area contributed by atoms with Crippen molar-refractivity contribution in [3.05, 3.63) is 16.9 Å². The molecule has 1 aromatic heterocycles. The molecule has 0 aromatic carbocycles. The van der Waals surface area contributed by atoms with Gasteiger partial charge in [-0.25, -0.2) is 9.97 Å². The third kappa shape index (κ3) is 4.35. The largest absolute Gasteiger partial charge is 0.480 e. The number of carbonyl (C=O) groups is 3. The van der Waals surface area contributed by atoms with Crippen molar-refractivity contribution in [3.8, 4) is 0 Å². The minimum atomic E-state index is -1.34. The third-order valence-electron chi connectivity index (χ3n) is 2.05. The van der Waals surface area contributed by atoms with Gasteiger partial charge in [0.15, 0.2) is 10.9 Å². The van der Waals surface area contributed by atoms with E-state index in [0.29, 0.717) is 4.90 Å². The van der Waals surface area contributed by atoms with E-state index in [-0.39, 0.29) is 15.9 Å². The lowest BCUT2D eigenvalue weighted by atomic mass is 10.3. The number of hydrogen-bond donors (Lipinski definition) is 2. The average molecular weight is 320 g/mol. The lowest BCUT2D eigenvalue weighted by molar-refractivity contribution is -0.140. The number of nitrogens with zero attached hydrogens (tertiary/aromatic N) is 3. The summed E-state index contributed by atoms with van der Waals surface area (Å²) in [6.45, 7) is -1.53. The molecular weight excluding hydrogens is 310 g/mol. The van der Waals surface area contributed by atoms with Crippen LogP contribution >= 0.6 is 23.4 Å². The summed E-state index contributed by atoms with van der Waals surface area (Å²) < 4.78 is 0. The molecule has 0 spiro atoms. The summed E-state index contributed by atoms with van der Waals surface area (Å²) in [4.78, 5) is 41.8. The molecule has 0 saturated heterocycles. The molecule has 1 rings (SSSR count). The van der Waals surface area contributed by atoms with Crippen LogP contribution in [0, 0.1) is 0 Å². The second-order valence-electron chi connectivity index (χ2n) is 3.50. The molecular formula is C10H10ClN3O5S. The van der Waals surface area contributed by atoms with Crippen molar-refractivity contribution in [2.45, 2.75) is 5.16 Å². The Balaban J connectivity index is 3.10. The SMILES string of the molecule is CSc1ncc(Cl)c(C(=O)N(CC(=O)O)CC(=O)O)n1. The number of carbonyl (C=O) groups excluding carboxylic acids is 1. The first-order valence-corrected chi connectivity index (χ1v) is 6.74. The van der Waals surface area contributed by atoms with Crippen LogP contribution in [0.5, 0.6) is 0 Å². The number of rotatable bonds is 6. The highest BCUT2D eigenvalue weighted by atomic mass is 35.5. The highest BCUT2D eigenvalue weighted by Crippen LogP contribution is 2.18. The molecule has 10 heteroatoms. The molecule has 8 nitrogen and oxygen atoms in total. The standard InChI is InChI=1S/C10H10ClN3O5S/c1-20-10-12-2-5(11)8(13-10)9(19)14(3-6(15)16)4-7(17)18/h2H,3-4H2,1H3,(H,15,16)(H,17,18). The summed E-state index contributed by atoms with van der Waals surface area (Å²) in [6.07, 6.45) is 2.89. The van der Waals surface area contributed by atoms with Crippen LogP contribution in [0.15, 0.2) is 11.4 Å². The van der Waals surface area contributed by atoms with Crippen LogP contribution < -0.4 is 0 Å². The molecule has 1 aromatic rings. The molecule has 0 aliphatic rings. The van der Waals surface area contributed by atoms with E-state index < -0.39 is 30.9 Å². The molecule has 0 fully saturated rings. The molecule has 2 N–H and O–H groups in total. The summed E-state index contributed by atoms with van der Waals surface area (Å²) in [5.41, 5.74) is -0.228. The van der Waals surface area contributed by atoms with Gasteiger partial charge in [0.2, 0.25) is 0 Å². The number of hydrogen-bond acceptors (Lipinski definition) is 6. The van der Waals surface area contributed by atoms with Gasteiger partial charge >= 0.3 is 11.9 Å². The Bertz CT molecular complexity index is 538. The maximum Gasteiger partial charge on any atom is 0.323 e. The molecule has 1 heterocycles. The van der Waals surface area contributed by atoms with Gasteiger partial charge in [0.1, 0.15) is 13.1 Å². The molecule has 0 radical (unpaired) electrons. The van der Waals surface area contributed by atoms with E-state index in [2.05, 4.69) is 9.97 Å². The molecule has 108 valence electrons. The third-order valence-corrected chi connectivity index (χ3v) is 2.89. The van der Waals surface area contributed by atoms with Crippen LogP contribution in [-0.4, -0.2) is 62.3 Å². The van der Waals surface area contributed by atoms with Crippen molar-refractivity contribution < 1.29 is 24.6 Å². The van der Waals surface area contributed by atoms with E-state index in [9.17, 15) is 14.4 Å². The Morgan fingerprint density at radius 3 is 2.30 bits per heavy atom. The normalized spacial score (nSPS) is 10.1. The fourth-order valence-electron chi connectivity index (χ4n) is 1.28. The first-order chi connectivity index (χ1) is 9.35. The number of thioether (sulfide) groups is 1. The van der Waals surface area contributed by atoms with Crippen molar-refractivity contribution >= 4 is 41.2 Å². The van der Waals surface area contributed by atoms with Gasteiger partial charge in [-0.1, -0.05) is 23.4 Å². The van der Waals surface area contributed by atoms with Crippen molar-refractivity contribution in [1.29, 1.82) is 0 Å². The van der Waals surface area contributed by atoms with Crippen molar-refractivity contribution in [3.63, 3.8) is 0 Å². The highest BCUT2D eigenvalue weighted by Gasteiger charge is 2.24. The predicted molar refractivity (Wildman–Crippen MR) is 70.0 cm³/mol. The van der Waals surface area contributed by atoms with Crippen LogP contribution in [0.25, 0.3) is 0 Å². The van der Waals surface area contributed by atoms with E-state index in [1.54, 1.807) is 6.26 Å². The van der Waals surface area contributed by atoms with E-state index >= 15 is 0 Å². The summed E-state index contributed by atoms with van der Waals surface area (Å²) >= 11 is 6.95. The van der Waals surface area contributed by atoms with Gasteiger partial charge in [0, 0.05) is 0 Å². The van der Waals surface area contributed by atoms with Gasteiger partial charge in [-0.15, -0.1) is 0 Å². The molecule has 1 amide bonds. The number of aliphatic carboxylic acids is 2. The highest BCUT2D eigenvalue weighted by molar-refractivity contribution is 7.98. The van der Waals surface area contributed by atoms with Gasteiger partial charge in [-0.2, -0.15) is 0 Å². The van der Waals surface area contributed by atoms with Crippen LogP contribution in [0.1, 0.15) is 10.5 Å². The summed E-state index contributed by atoms with van der Waals surface area (Å²) in [6, 6.07) is 0. The van der Waals surface area contributed by atoms with E-state index in [4.69, 9.17) is 21.8 Å². The number of carboxylic acid groups (broad SMARTS) is 2. The number of aromatic nitrogens is 2. The Hall–Kier alpha value is -1.87. The average Bonchev–Trinajstić information content (AvgIpc) is 2.36. The molecule has 20 heavy (non-hydrogen) atoms. The second-order valence-corrected chi connectivity index (χ2v) is 4.68. The lowest BCUT2D eigenvalue weighted by Crippen LogP contribution is -2.40. The summed E-state index contributed by atoms with van der Waals surface area (Å²) in [5, 5.41) is 17.6. The number of halogens is 1. The minimum Gasteiger partial charge on any atom is -0.480 e. The van der Waals surface area contributed by atoms with Crippen molar-refractivity contribution in [2.75, 3.05) is 19.3 Å². The minimum absolute atomic E-state index is 0.0754. The molecule has 0 aliphatic carbocycles. The monoisotopic (exact) mass is 319 g/mol. The Morgan fingerprint density at radius 1 is 1.30 bits per heavy atom. The van der Waals surface area contributed by atoms with Gasteiger partial charge in [-0.05, 0) is 6.26 Å². The van der Waals surface area contributed by atoms with E-state index in [1.807, 2.05) is 0 Å². The Labute approximate surface area is 122 Å². The van der Waals surface area contributed by atoms with Crippen LogP contribution in [0.4, 0.5) is 0 Å². The van der Waals surface area contributed by atoms with E-state index in [1.165, 1.54) is 6.20 Å². The lowest BCUT2D eigenvalue weighted by Gasteiger charge is -2.18. The second kappa shape index (κ2) is 7.06. The van der Waals surface area contributed by atoms with Crippen LogP contribution in [0.3, 0.4) is 0 Å². The van der Waals surface area contributed by atoms with Crippen LogP contribution in [-0.2, 0) is 9.59 Å². The molecule has 0 unspecified atom stereocenters. The summed E-state index contributed by atoms with van der Waals surface area (Å²) in [5.74, 6) is -3.55. The zero-order valence-electron chi connectivity index (χ0n) is 10.2. The number of amides is 1. The van der Waals surface area contributed by atoms with Gasteiger partial charge < -0.3 is 15.1 Å². The smallest absolute Gasteiger partial charge is 0.323 e. The first-order valence-electron chi connectivity index (χ1n) is 5.14. The van der Waals surface area contributed by atoms with Gasteiger partial charge in [0.05, 0.1) is 11.2 Å². The topological polar surface area (TPSA) is 121 Å². The fourth-order valence-corrected chi connectivity index (χ4v) is 1.79. The quantitative estimate of drug-likeness (QED) is 0.573. The maximum atomic E-state index is 12.1. The Morgan fingerprint density at radius 2 is 1.85 bits per heavy atom. The maximum absolute atomic E-state index is 12.1. The zero-order valence-corrected chi connectivity index (χ0v) is 11.8. The van der Waals surface area contributed by atoms with Gasteiger partial charge in [-0.3, -0.25) is 14.4 Å². The van der Waals surface area contributed by atoms with Gasteiger partial charge in [0.25, 0.3) is 5.91 Å². The zero-order chi connectivity index (χ0) is 15.3. The fraction of sp³-hybridized carbons (Fsp3) is 0.300. The molecule has 0 atom stereocenters. The van der Waals surface area contributed by atoms with Crippen LogP contribution in [0.2, 0.25) is 5.02 Å². The molecule has 0 bridgehead atoms.